The van der Waals surface area contributed by atoms with Crippen LogP contribution in [0.2, 0.25) is 0 Å². The third kappa shape index (κ3) is 3.52. The summed E-state index contributed by atoms with van der Waals surface area (Å²) in [5, 5.41) is 0. The second kappa shape index (κ2) is 7.33. The minimum Gasteiger partial charge on any atom is -0.335 e. The third-order valence-electron chi connectivity index (χ3n) is 5.90. The van der Waals surface area contributed by atoms with Crippen molar-refractivity contribution in [2.45, 2.75) is 63.8 Å². The van der Waals surface area contributed by atoms with Gasteiger partial charge in [-0.2, -0.15) is 0 Å². The van der Waals surface area contributed by atoms with Crippen molar-refractivity contribution in [2.24, 2.45) is 0 Å². The van der Waals surface area contributed by atoms with Crippen LogP contribution in [0.25, 0.3) is 10.4 Å². The summed E-state index contributed by atoms with van der Waals surface area (Å²) in [5.41, 5.74) is 2.72. The van der Waals surface area contributed by atoms with Crippen LogP contribution in [-0.2, 0) is 0 Å². The van der Waals surface area contributed by atoms with Crippen LogP contribution in [0, 0.1) is 0 Å². The molecule has 1 aliphatic heterocycles. The zero-order valence-electron chi connectivity index (χ0n) is 15.0. The minimum atomic E-state index is 0.208. The van der Waals surface area contributed by atoms with E-state index in [4.69, 9.17) is 0 Å². The predicted molar refractivity (Wildman–Crippen MR) is 105 cm³/mol. The van der Waals surface area contributed by atoms with Gasteiger partial charge >= 0.3 is 0 Å². The number of rotatable bonds is 3. The van der Waals surface area contributed by atoms with Gasteiger partial charge in [-0.1, -0.05) is 43.5 Å². The molecule has 0 radical (unpaired) electrons. The highest BCUT2D eigenvalue weighted by molar-refractivity contribution is 7.17. The van der Waals surface area contributed by atoms with E-state index in [0.29, 0.717) is 6.04 Å². The van der Waals surface area contributed by atoms with Gasteiger partial charge in [0.15, 0.2) is 0 Å². The summed E-state index contributed by atoms with van der Waals surface area (Å²) in [6, 6.07) is 13.6. The van der Waals surface area contributed by atoms with Gasteiger partial charge in [0, 0.05) is 17.5 Å². The minimum absolute atomic E-state index is 0.208. The van der Waals surface area contributed by atoms with Crippen LogP contribution in [0.15, 0.2) is 36.4 Å². The molecule has 2 heterocycles. The molecular weight excluding hydrogens is 326 g/mol. The van der Waals surface area contributed by atoms with Gasteiger partial charge in [0.25, 0.3) is 5.91 Å². The Kier molecular flexibility index (Phi) is 4.93. The summed E-state index contributed by atoms with van der Waals surface area (Å²) in [7, 11) is 0. The molecule has 25 heavy (non-hydrogen) atoms. The predicted octanol–water partition coefficient (Wildman–Crippen LogP) is 6.09. The van der Waals surface area contributed by atoms with E-state index in [2.05, 4.69) is 37.3 Å². The maximum Gasteiger partial charge on any atom is 0.264 e. The standard InChI is InChI=1S/C22H27NOS/c1-16-6-5-15-23(16)22(24)21-14-13-20(25-21)19-11-9-18(10-12-19)17-7-3-2-4-8-17/h9-14,16-17H,2-8,15H2,1H3/t16-/m1/s1. The second-order valence-corrected chi connectivity index (χ2v) is 8.69. The van der Waals surface area contributed by atoms with Crippen LogP contribution >= 0.6 is 11.3 Å². The van der Waals surface area contributed by atoms with Gasteiger partial charge in [-0.15, -0.1) is 11.3 Å². The van der Waals surface area contributed by atoms with Crippen molar-refractivity contribution in [2.75, 3.05) is 6.54 Å². The Morgan fingerprint density at radius 3 is 2.40 bits per heavy atom. The van der Waals surface area contributed by atoms with Crippen LogP contribution in [0.5, 0.6) is 0 Å². The molecule has 0 N–H and O–H groups in total. The maximum atomic E-state index is 12.7. The number of hydrogen-bond acceptors (Lipinski definition) is 2. The summed E-state index contributed by atoms with van der Waals surface area (Å²) in [6.45, 7) is 3.06. The van der Waals surface area contributed by atoms with Crippen LogP contribution in [0.4, 0.5) is 0 Å². The van der Waals surface area contributed by atoms with Crippen LogP contribution in [0.3, 0.4) is 0 Å². The lowest BCUT2D eigenvalue weighted by Crippen LogP contribution is -2.32. The molecule has 3 heteroatoms. The summed E-state index contributed by atoms with van der Waals surface area (Å²) in [6.07, 6.45) is 9.09. The topological polar surface area (TPSA) is 20.3 Å². The van der Waals surface area contributed by atoms with Crippen molar-refractivity contribution in [1.82, 2.24) is 4.90 Å². The SMILES string of the molecule is C[C@@H]1CCCN1C(=O)c1ccc(-c2ccc(C3CCCCC3)cc2)s1. The van der Waals surface area contributed by atoms with Crippen LogP contribution in [0.1, 0.15) is 73.0 Å². The Morgan fingerprint density at radius 1 is 0.960 bits per heavy atom. The van der Waals surface area contributed by atoms with Gasteiger partial charge in [0.05, 0.1) is 4.88 Å². The molecule has 2 aliphatic rings. The normalized spacial score (nSPS) is 21.6. The van der Waals surface area contributed by atoms with Crippen molar-refractivity contribution in [3.05, 3.63) is 46.8 Å². The quantitative estimate of drug-likeness (QED) is 0.654. The zero-order valence-corrected chi connectivity index (χ0v) is 15.9. The molecule has 2 fully saturated rings. The van der Waals surface area contributed by atoms with E-state index in [9.17, 15) is 4.79 Å². The number of thiophene rings is 1. The van der Waals surface area contributed by atoms with Gasteiger partial charge in [0.1, 0.15) is 0 Å². The third-order valence-corrected chi connectivity index (χ3v) is 7.02. The molecule has 0 spiro atoms. The average Bonchev–Trinajstić information content (AvgIpc) is 3.31. The first-order chi connectivity index (χ1) is 12.2. The fourth-order valence-electron chi connectivity index (χ4n) is 4.34. The van der Waals surface area contributed by atoms with E-state index in [1.54, 1.807) is 11.3 Å². The van der Waals surface area contributed by atoms with Crippen molar-refractivity contribution < 1.29 is 4.79 Å². The number of nitrogens with zero attached hydrogens (tertiary/aromatic N) is 1. The smallest absolute Gasteiger partial charge is 0.264 e. The molecule has 132 valence electrons. The van der Waals surface area contributed by atoms with Crippen molar-refractivity contribution in [3.8, 4) is 10.4 Å². The number of benzene rings is 1. The molecule has 1 saturated heterocycles. The fourth-order valence-corrected chi connectivity index (χ4v) is 5.31. The van der Waals surface area contributed by atoms with E-state index >= 15 is 0 Å². The molecule has 1 aliphatic carbocycles. The lowest BCUT2D eigenvalue weighted by molar-refractivity contribution is 0.0752. The molecule has 1 amide bonds. The van der Waals surface area contributed by atoms with E-state index in [0.717, 1.165) is 30.2 Å². The molecular formula is C22H27NOS. The highest BCUT2D eigenvalue weighted by Gasteiger charge is 2.27. The Bertz CT molecular complexity index is 727. The summed E-state index contributed by atoms with van der Waals surface area (Å²) in [4.78, 5) is 16.8. The highest BCUT2D eigenvalue weighted by atomic mass is 32.1. The van der Waals surface area contributed by atoms with Gasteiger partial charge in [-0.25, -0.2) is 0 Å². The summed E-state index contributed by atoms with van der Waals surface area (Å²) >= 11 is 1.63. The Morgan fingerprint density at radius 2 is 1.72 bits per heavy atom. The maximum absolute atomic E-state index is 12.7. The van der Waals surface area contributed by atoms with E-state index in [1.165, 1.54) is 48.1 Å². The number of amides is 1. The van der Waals surface area contributed by atoms with Gasteiger partial charge in [-0.05, 0) is 61.8 Å². The van der Waals surface area contributed by atoms with Crippen molar-refractivity contribution >= 4 is 17.2 Å². The lowest BCUT2D eigenvalue weighted by Gasteiger charge is -2.22. The Balaban J connectivity index is 1.49. The lowest BCUT2D eigenvalue weighted by atomic mass is 9.84. The molecule has 1 aromatic carbocycles. The molecule has 4 rings (SSSR count). The van der Waals surface area contributed by atoms with Crippen molar-refractivity contribution in [1.29, 1.82) is 0 Å². The number of likely N-dealkylation sites (tertiary alicyclic amines) is 1. The summed E-state index contributed by atoms with van der Waals surface area (Å²) in [5.74, 6) is 0.958. The summed E-state index contributed by atoms with van der Waals surface area (Å²) < 4.78 is 0. The van der Waals surface area contributed by atoms with E-state index in [1.807, 2.05) is 11.0 Å². The van der Waals surface area contributed by atoms with Gasteiger partial charge < -0.3 is 4.90 Å². The first-order valence-corrected chi connectivity index (χ1v) is 10.5. The fraction of sp³-hybridized carbons (Fsp3) is 0.500. The van der Waals surface area contributed by atoms with Gasteiger partial charge in [0.2, 0.25) is 0 Å². The Labute approximate surface area is 154 Å². The number of hydrogen-bond donors (Lipinski definition) is 0. The monoisotopic (exact) mass is 353 g/mol. The first-order valence-electron chi connectivity index (χ1n) is 9.73. The largest absolute Gasteiger partial charge is 0.335 e. The van der Waals surface area contributed by atoms with Gasteiger partial charge in [-0.3, -0.25) is 4.79 Å². The zero-order chi connectivity index (χ0) is 17.2. The van der Waals surface area contributed by atoms with Crippen LogP contribution in [-0.4, -0.2) is 23.4 Å². The number of carbonyl (C=O) groups is 1. The molecule has 1 aromatic heterocycles. The molecule has 0 bridgehead atoms. The number of carbonyl (C=O) groups excluding carboxylic acids is 1. The van der Waals surface area contributed by atoms with E-state index in [-0.39, 0.29) is 5.91 Å². The molecule has 1 atom stereocenters. The average molecular weight is 354 g/mol. The Hall–Kier alpha value is -1.61. The van der Waals surface area contributed by atoms with Crippen molar-refractivity contribution in [3.63, 3.8) is 0 Å². The molecule has 2 nitrogen and oxygen atoms in total. The molecule has 2 aromatic rings. The van der Waals surface area contributed by atoms with Crippen LogP contribution < -0.4 is 0 Å². The highest BCUT2D eigenvalue weighted by Crippen LogP contribution is 2.35. The van der Waals surface area contributed by atoms with E-state index < -0.39 is 0 Å². The molecule has 1 saturated carbocycles. The first kappa shape index (κ1) is 16.8. The second-order valence-electron chi connectivity index (χ2n) is 7.61. The molecule has 0 unspecified atom stereocenters.